The van der Waals surface area contributed by atoms with Crippen molar-refractivity contribution in [3.63, 3.8) is 0 Å². The summed E-state index contributed by atoms with van der Waals surface area (Å²) in [5.74, 6) is 2.53. The Labute approximate surface area is 120 Å². The van der Waals surface area contributed by atoms with E-state index in [9.17, 15) is 0 Å². The Balaban J connectivity index is 2.18. The third kappa shape index (κ3) is 3.44. The highest BCUT2D eigenvalue weighted by atomic mass is 15.1. The average molecular weight is 271 g/mol. The van der Waals surface area contributed by atoms with Gasteiger partial charge in [-0.05, 0) is 18.2 Å². The maximum atomic E-state index is 4.54. The van der Waals surface area contributed by atoms with E-state index in [0.29, 0.717) is 0 Å². The van der Waals surface area contributed by atoms with E-state index < -0.39 is 0 Å². The van der Waals surface area contributed by atoms with Gasteiger partial charge in [0.2, 0.25) is 0 Å². The number of aromatic nitrogens is 3. The predicted molar refractivity (Wildman–Crippen MR) is 82.6 cm³/mol. The summed E-state index contributed by atoms with van der Waals surface area (Å²) in [4.78, 5) is 15.2. The molecule has 0 spiro atoms. The molecule has 0 aliphatic rings. The van der Waals surface area contributed by atoms with Gasteiger partial charge in [0.1, 0.15) is 17.5 Å². The van der Waals surface area contributed by atoms with Gasteiger partial charge in [-0.2, -0.15) is 0 Å². The first-order valence-corrected chi connectivity index (χ1v) is 6.60. The second-order valence-electron chi connectivity index (χ2n) is 5.94. The smallest absolute Gasteiger partial charge is 0.135 e. The Morgan fingerprint density at radius 1 is 1.05 bits per heavy atom. The van der Waals surface area contributed by atoms with Crippen molar-refractivity contribution in [3.05, 3.63) is 36.4 Å². The summed E-state index contributed by atoms with van der Waals surface area (Å²) in [6, 6.07) is 5.81. The number of anilines is 3. The van der Waals surface area contributed by atoms with Crippen LogP contribution in [0, 0.1) is 0 Å². The van der Waals surface area contributed by atoms with Crippen LogP contribution in [0.2, 0.25) is 0 Å². The lowest BCUT2D eigenvalue weighted by Crippen LogP contribution is -2.16. The van der Waals surface area contributed by atoms with Crippen molar-refractivity contribution in [1.82, 2.24) is 15.0 Å². The van der Waals surface area contributed by atoms with Crippen LogP contribution in [0.15, 0.2) is 30.6 Å². The number of nitrogens with zero attached hydrogens (tertiary/aromatic N) is 4. The Morgan fingerprint density at radius 2 is 1.80 bits per heavy atom. The zero-order valence-electron chi connectivity index (χ0n) is 12.7. The van der Waals surface area contributed by atoms with Gasteiger partial charge in [0.25, 0.3) is 0 Å². The second kappa shape index (κ2) is 5.45. The molecule has 0 aliphatic carbocycles. The monoisotopic (exact) mass is 271 g/mol. The van der Waals surface area contributed by atoms with Crippen LogP contribution in [0.3, 0.4) is 0 Å². The molecule has 2 rings (SSSR count). The Kier molecular flexibility index (Phi) is 3.88. The first kappa shape index (κ1) is 14.2. The van der Waals surface area contributed by atoms with Crippen LogP contribution in [0.1, 0.15) is 26.6 Å². The molecular weight excluding hydrogens is 250 g/mol. The van der Waals surface area contributed by atoms with Crippen LogP contribution in [0.25, 0.3) is 0 Å². The van der Waals surface area contributed by atoms with Crippen LogP contribution in [-0.4, -0.2) is 29.0 Å². The summed E-state index contributed by atoms with van der Waals surface area (Å²) in [5, 5.41) is 3.25. The van der Waals surface area contributed by atoms with Crippen LogP contribution in [0.4, 0.5) is 17.3 Å². The second-order valence-corrected chi connectivity index (χ2v) is 5.94. The van der Waals surface area contributed by atoms with Gasteiger partial charge in [0.05, 0.1) is 11.9 Å². The van der Waals surface area contributed by atoms with E-state index >= 15 is 0 Å². The van der Waals surface area contributed by atoms with E-state index in [-0.39, 0.29) is 5.41 Å². The molecule has 0 atom stereocenters. The maximum Gasteiger partial charge on any atom is 0.135 e. The van der Waals surface area contributed by atoms with Crippen LogP contribution < -0.4 is 10.2 Å². The largest absolute Gasteiger partial charge is 0.363 e. The number of hydrogen-bond acceptors (Lipinski definition) is 5. The van der Waals surface area contributed by atoms with Crippen molar-refractivity contribution in [2.45, 2.75) is 26.2 Å². The first-order valence-electron chi connectivity index (χ1n) is 6.60. The summed E-state index contributed by atoms with van der Waals surface area (Å²) >= 11 is 0. The van der Waals surface area contributed by atoms with Gasteiger partial charge in [0, 0.05) is 25.7 Å². The fourth-order valence-electron chi connectivity index (χ4n) is 1.66. The number of pyridine rings is 1. The molecule has 5 heteroatoms. The predicted octanol–water partition coefficient (Wildman–Crippen LogP) is 2.98. The van der Waals surface area contributed by atoms with Gasteiger partial charge in [0.15, 0.2) is 0 Å². The minimum absolute atomic E-state index is 0.0648. The standard InChI is InChI=1S/C15H21N5/c1-15(2,3)14-16-9-8-12(19-14)18-11-6-7-13(17-10-11)20(4)5/h6-10H,1-5H3,(H,16,18,19). The Bertz CT molecular complexity index is 570. The van der Waals surface area contributed by atoms with E-state index in [2.05, 4.69) is 41.0 Å². The molecule has 0 bridgehead atoms. The number of nitrogens with one attached hydrogen (secondary N) is 1. The van der Waals surface area contributed by atoms with Crippen molar-refractivity contribution in [3.8, 4) is 0 Å². The Hall–Kier alpha value is -2.17. The van der Waals surface area contributed by atoms with E-state index in [0.717, 1.165) is 23.1 Å². The Morgan fingerprint density at radius 3 is 2.35 bits per heavy atom. The molecule has 0 saturated heterocycles. The van der Waals surface area contributed by atoms with Gasteiger partial charge in [-0.25, -0.2) is 15.0 Å². The molecule has 5 nitrogen and oxygen atoms in total. The lowest BCUT2D eigenvalue weighted by Gasteiger charge is -2.17. The molecule has 20 heavy (non-hydrogen) atoms. The molecule has 2 heterocycles. The fourth-order valence-corrected chi connectivity index (χ4v) is 1.66. The van der Waals surface area contributed by atoms with Crippen molar-refractivity contribution < 1.29 is 0 Å². The zero-order valence-corrected chi connectivity index (χ0v) is 12.7. The van der Waals surface area contributed by atoms with Crippen molar-refractivity contribution in [2.75, 3.05) is 24.3 Å². The fraction of sp³-hybridized carbons (Fsp3) is 0.400. The normalized spacial score (nSPS) is 11.2. The van der Waals surface area contributed by atoms with Gasteiger partial charge < -0.3 is 10.2 Å². The van der Waals surface area contributed by atoms with Crippen molar-refractivity contribution in [1.29, 1.82) is 0 Å². The van der Waals surface area contributed by atoms with Gasteiger partial charge in [-0.15, -0.1) is 0 Å². The summed E-state index contributed by atoms with van der Waals surface area (Å²) in [5.41, 5.74) is 0.846. The minimum atomic E-state index is -0.0648. The van der Waals surface area contributed by atoms with Crippen LogP contribution in [0.5, 0.6) is 0 Å². The molecule has 0 unspecified atom stereocenters. The van der Waals surface area contributed by atoms with Crippen LogP contribution in [-0.2, 0) is 5.41 Å². The van der Waals surface area contributed by atoms with E-state index in [1.54, 1.807) is 12.4 Å². The molecule has 106 valence electrons. The summed E-state index contributed by atoms with van der Waals surface area (Å²) < 4.78 is 0. The van der Waals surface area contributed by atoms with E-state index in [4.69, 9.17) is 0 Å². The molecule has 0 radical (unpaired) electrons. The first-order chi connectivity index (χ1) is 9.36. The topological polar surface area (TPSA) is 53.9 Å². The molecular formula is C15H21N5. The molecule has 0 aromatic carbocycles. The molecule has 0 amide bonds. The number of hydrogen-bond donors (Lipinski definition) is 1. The molecule has 2 aromatic rings. The third-order valence-electron chi connectivity index (χ3n) is 2.80. The van der Waals surface area contributed by atoms with Crippen LogP contribution >= 0.6 is 0 Å². The summed E-state index contributed by atoms with van der Waals surface area (Å²) in [6.45, 7) is 6.29. The number of rotatable bonds is 3. The molecule has 0 aliphatic heterocycles. The highest BCUT2D eigenvalue weighted by Gasteiger charge is 2.17. The minimum Gasteiger partial charge on any atom is -0.363 e. The lowest BCUT2D eigenvalue weighted by molar-refractivity contribution is 0.546. The van der Waals surface area contributed by atoms with E-state index in [1.165, 1.54) is 0 Å². The molecule has 1 N–H and O–H groups in total. The van der Waals surface area contributed by atoms with Crippen molar-refractivity contribution >= 4 is 17.3 Å². The maximum absolute atomic E-state index is 4.54. The van der Waals surface area contributed by atoms with E-state index in [1.807, 2.05) is 37.2 Å². The third-order valence-corrected chi connectivity index (χ3v) is 2.80. The lowest BCUT2D eigenvalue weighted by atomic mass is 9.96. The van der Waals surface area contributed by atoms with Gasteiger partial charge >= 0.3 is 0 Å². The molecule has 0 saturated carbocycles. The molecule has 2 aromatic heterocycles. The highest BCUT2D eigenvalue weighted by molar-refractivity contribution is 5.56. The summed E-state index contributed by atoms with van der Waals surface area (Å²) in [6.07, 6.45) is 3.58. The summed E-state index contributed by atoms with van der Waals surface area (Å²) in [7, 11) is 3.94. The van der Waals surface area contributed by atoms with Crippen molar-refractivity contribution in [2.24, 2.45) is 0 Å². The van der Waals surface area contributed by atoms with Gasteiger partial charge in [-0.3, -0.25) is 0 Å². The van der Waals surface area contributed by atoms with Gasteiger partial charge in [-0.1, -0.05) is 20.8 Å². The zero-order chi connectivity index (χ0) is 14.8. The SMILES string of the molecule is CN(C)c1ccc(Nc2ccnc(C(C)(C)C)n2)cn1. The quantitative estimate of drug-likeness (QED) is 0.930. The average Bonchev–Trinajstić information content (AvgIpc) is 2.38. The highest BCUT2D eigenvalue weighted by Crippen LogP contribution is 2.21. The molecule has 0 fully saturated rings.